The number of nitrogens with one attached hydrogen (secondary N) is 2. The molecule has 1 saturated heterocycles. The Labute approximate surface area is 153 Å². The predicted octanol–water partition coefficient (Wildman–Crippen LogP) is 4.23. The summed E-state index contributed by atoms with van der Waals surface area (Å²) in [6, 6.07) is 5.67. The van der Waals surface area contributed by atoms with Gasteiger partial charge in [-0.3, -0.25) is 4.79 Å². The second-order valence-corrected chi connectivity index (χ2v) is 6.83. The molecule has 0 bridgehead atoms. The molecule has 2 rings (SSSR count). The molecule has 0 aliphatic carbocycles. The molecule has 0 spiro atoms. The maximum atomic E-state index is 12.3. The normalized spacial score (nSPS) is 18.7. The fourth-order valence-electron chi connectivity index (χ4n) is 2.91. The summed E-state index contributed by atoms with van der Waals surface area (Å²) < 4.78 is 6.50. The van der Waals surface area contributed by atoms with Crippen molar-refractivity contribution >= 4 is 39.9 Å². The molecule has 4 nitrogen and oxygen atoms in total. The van der Waals surface area contributed by atoms with Gasteiger partial charge in [-0.15, -0.1) is 12.4 Å². The lowest BCUT2D eigenvalue weighted by Gasteiger charge is -2.28. The zero-order chi connectivity index (χ0) is 15.9. The average Bonchev–Trinajstić information content (AvgIpc) is 2.51. The van der Waals surface area contributed by atoms with E-state index in [0.29, 0.717) is 30.6 Å². The number of rotatable bonds is 6. The fraction of sp³-hybridized carbons (Fsp3) is 0.588. The molecule has 2 N–H and O–H groups in total. The van der Waals surface area contributed by atoms with Gasteiger partial charge >= 0.3 is 0 Å². The Kier molecular flexibility index (Phi) is 8.95. The molecule has 130 valence electrons. The zero-order valence-corrected chi connectivity index (χ0v) is 16.1. The molecule has 1 amide bonds. The third-order valence-electron chi connectivity index (χ3n) is 4.16. The van der Waals surface area contributed by atoms with Crippen molar-refractivity contribution in [2.24, 2.45) is 11.8 Å². The lowest BCUT2D eigenvalue weighted by molar-refractivity contribution is -0.117. The number of hydrogen-bond acceptors (Lipinski definition) is 3. The molecular formula is C17H26BrClN2O2. The van der Waals surface area contributed by atoms with Crippen molar-refractivity contribution in [3.8, 4) is 5.75 Å². The van der Waals surface area contributed by atoms with Crippen LogP contribution in [0.4, 0.5) is 5.69 Å². The number of carbonyl (C=O) groups is 1. The van der Waals surface area contributed by atoms with Gasteiger partial charge in [0.25, 0.3) is 0 Å². The number of carbonyl (C=O) groups excluding carboxylic acids is 1. The van der Waals surface area contributed by atoms with Gasteiger partial charge < -0.3 is 15.4 Å². The van der Waals surface area contributed by atoms with Crippen LogP contribution in [0.15, 0.2) is 22.7 Å². The number of piperidine rings is 1. The summed E-state index contributed by atoms with van der Waals surface area (Å²) in [7, 11) is 0. The van der Waals surface area contributed by atoms with Crippen molar-refractivity contribution in [3.63, 3.8) is 0 Å². The monoisotopic (exact) mass is 404 g/mol. The van der Waals surface area contributed by atoms with Crippen molar-refractivity contribution < 1.29 is 9.53 Å². The van der Waals surface area contributed by atoms with E-state index in [9.17, 15) is 4.79 Å². The van der Waals surface area contributed by atoms with Crippen molar-refractivity contribution in [2.75, 3.05) is 25.0 Å². The van der Waals surface area contributed by atoms with E-state index in [4.69, 9.17) is 4.74 Å². The first-order valence-corrected chi connectivity index (χ1v) is 8.82. The Bertz CT molecular complexity index is 507. The average molecular weight is 406 g/mol. The number of amides is 1. The molecule has 1 aliphatic heterocycles. The molecule has 1 aliphatic rings. The van der Waals surface area contributed by atoms with E-state index in [1.807, 2.05) is 25.1 Å². The van der Waals surface area contributed by atoms with Gasteiger partial charge in [0.15, 0.2) is 0 Å². The van der Waals surface area contributed by atoms with Gasteiger partial charge in [-0.05, 0) is 62.9 Å². The van der Waals surface area contributed by atoms with Crippen molar-refractivity contribution in [2.45, 2.75) is 33.1 Å². The lowest BCUT2D eigenvalue weighted by Crippen LogP contribution is -2.34. The first kappa shape index (κ1) is 20.3. The minimum absolute atomic E-state index is 0. The molecule has 2 unspecified atom stereocenters. The summed E-state index contributed by atoms with van der Waals surface area (Å²) in [5, 5.41) is 6.41. The molecule has 23 heavy (non-hydrogen) atoms. The Morgan fingerprint density at radius 1 is 1.52 bits per heavy atom. The molecule has 2 atom stereocenters. The van der Waals surface area contributed by atoms with Gasteiger partial charge in [-0.25, -0.2) is 0 Å². The fourth-order valence-corrected chi connectivity index (χ4v) is 3.27. The summed E-state index contributed by atoms with van der Waals surface area (Å²) in [6.07, 6.45) is 2.96. The smallest absolute Gasteiger partial charge is 0.224 e. The molecule has 1 fully saturated rings. The van der Waals surface area contributed by atoms with Gasteiger partial charge in [0.2, 0.25) is 5.91 Å². The highest BCUT2D eigenvalue weighted by Gasteiger charge is 2.22. The summed E-state index contributed by atoms with van der Waals surface area (Å²) in [6.45, 7) is 6.81. The third kappa shape index (κ3) is 6.32. The summed E-state index contributed by atoms with van der Waals surface area (Å²) in [5.74, 6) is 1.74. The summed E-state index contributed by atoms with van der Waals surface area (Å²) >= 11 is 3.44. The molecule has 0 radical (unpaired) electrons. The molecule has 1 heterocycles. The van der Waals surface area contributed by atoms with Gasteiger partial charge in [0.1, 0.15) is 5.75 Å². The van der Waals surface area contributed by atoms with E-state index in [1.54, 1.807) is 0 Å². The quantitative estimate of drug-likeness (QED) is 0.744. The molecule has 1 aromatic rings. The molecule has 0 aromatic heterocycles. The zero-order valence-electron chi connectivity index (χ0n) is 13.7. The second-order valence-electron chi connectivity index (χ2n) is 5.91. The minimum atomic E-state index is 0. The Morgan fingerprint density at radius 2 is 2.30 bits per heavy atom. The Balaban J connectivity index is 0.00000264. The van der Waals surface area contributed by atoms with Gasteiger partial charge in [0.05, 0.1) is 12.3 Å². The van der Waals surface area contributed by atoms with E-state index in [2.05, 4.69) is 33.5 Å². The third-order valence-corrected chi connectivity index (χ3v) is 4.66. The number of halogens is 2. The largest absolute Gasteiger partial charge is 0.492 e. The summed E-state index contributed by atoms with van der Waals surface area (Å²) in [5.41, 5.74) is 0.732. The lowest BCUT2D eigenvalue weighted by atomic mass is 9.85. The van der Waals surface area contributed by atoms with Gasteiger partial charge in [0, 0.05) is 10.9 Å². The highest BCUT2D eigenvalue weighted by atomic mass is 79.9. The topological polar surface area (TPSA) is 50.4 Å². The number of hydrogen-bond donors (Lipinski definition) is 2. The van der Waals surface area contributed by atoms with Crippen LogP contribution in [0.3, 0.4) is 0 Å². The number of anilines is 1. The van der Waals surface area contributed by atoms with Crippen molar-refractivity contribution in [1.82, 2.24) is 5.32 Å². The highest BCUT2D eigenvalue weighted by Crippen LogP contribution is 2.29. The first-order chi connectivity index (χ1) is 10.6. The summed E-state index contributed by atoms with van der Waals surface area (Å²) in [4.78, 5) is 12.3. The molecule has 1 aromatic carbocycles. The van der Waals surface area contributed by atoms with E-state index in [1.165, 1.54) is 12.8 Å². The Morgan fingerprint density at radius 3 is 2.96 bits per heavy atom. The number of ether oxygens (including phenoxy) is 1. The maximum Gasteiger partial charge on any atom is 0.224 e. The van der Waals surface area contributed by atoms with Crippen LogP contribution < -0.4 is 15.4 Å². The van der Waals surface area contributed by atoms with E-state index in [-0.39, 0.29) is 18.3 Å². The molecule has 0 saturated carbocycles. The van der Waals surface area contributed by atoms with Crippen LogP contribution in [0, 0.1) is 11.8 Å². The van der Waals surface area contributed by atoms with Crippen LogP contribution in [0.1, 0.15) is 33.1 Å². The van der Waals surface area contributed by atoms with E-state index >= 15 is 0 Å². The van der Waals surface area contributed by atoms with Crippen LogP contribution in [0.5, 0.6) is 5.75 Å². The van der Waals surface area contributed by atoms with Crippen LogP contribution in [-0.4, -0.2) is 25.6 Å². The standard InChI is InChI=1S/C17H25BrN2O2.ClH/c1-3-22-16-7-6-14(18)10-15(16)20-17(21)9-12(2)13-5-4-8-19-11-13;/h6-7,10,12-13,19H,3-5,8-9,11H2,1-2H3,(H,20,21);1H. The highest BCUT2D eigenvalue weighted by molar-refractivity contribution is 9.10. The molecule has 6 heteroatoms. The molecular weight excluding hydrogens is 380 g/mol. The second kappa shape index (κ2) is 10.2. The van der Waals surface area contributed by atoms with Gasteiger partial charge in [-0.2, -0.15) is 0 Å². The minimum Gasteiger partial charge on any atom is -0.492 e. The van der Waals surface area contributed by atoms with Crippen LogP contribution in [0.2, 0.25) is 0 Å². The SMILES string of the molecule is CCOc1ccc(Br)cc1NC(=O)CC(C)C1CCCNC1.Cl. The van der Waals surface area contributed by atoms with Gasteiger partial charge in [-0.1, -0.05) is 22.9 Å². The number of benzene rings is 1. The Hall–Kier alpha value is -0.780. The van der Waals surface area contributed by atoms with Crippen molar-refractivity contribution in [1.29, 1.82) is 0 Å². The first-order valence-electron chi connectivity index (χ1n) is 8.03. The van der Waals surface area contributed by atoms with Crippen LogP contribution in [-0.2, 0) is 4.79 Å². The van der Waals surface area contributed by atoms with Crippen LogP contribution in [0.25, 0.3) is 0 Å². The van der Waals surface area contributed by atoms with Crippen molar-refractivity contribution in [3.05, 3.63) is 22.7 Å². The van der Waals surface area contributed by atoms with E-state index in [0.717, 1.165) is 23.2 Å². The predicted molar refractivity (Wildman–Crippen MR) is 101 cm³/mol. The van der Waals surface area contributed by atoms with E-state index < -0.39 is 0 Å². The van der Waals surface area contributed by atoms with Crippen LogP contribution >= 0.6 is 28.3 Å². The maximum absolute atomic E-state index is 12.3.